The molecule has 5 nitrogen and oxygen atoms in total. The molecule has 1 aromatic rings. The van der Waals surface area contributed by atoms with Gasteiger partial charge in [-0.3, -0.25) is 4.79 Å². The largest absolute Gasteiger partial charge is 0.450 e. The van der Waals surface area contributed by atoms with Gasteiger partial charge in [0.1, 0.15) is 0 Å². The van der Waals surface area contributed by atoms with Gasteiger partial charge in [0, 0.05) is 18.8 Å². The number of piperidine rings is 1. The lowest BCUT2D eigenvalue weighted by atomic mass is 9.97. The average Bonchev–Trinajstić information content (AvgIpc) is 2.51. The van der Waals surface area contributed by atoms with E-state index in [1.54, 1.807) is 11.8 Å². The Morgan fingerprint density at radius 1 is 1.32 bits per heavy atom. The number of para-hydroxylation sites is 1. The number of nitrogens with zero attached hydrogens (tertiary/aromatic N) is 1. The van der Waals surface area contributed by atoms with Crippen molar-refractivity contribution in [2.75, 3.05) is 25.0 Å². The number of likely N-dealkylation sites (tertiary alicyclic amines) is 1. The molecule has 1 atom stereocenters. The van der Waals surface area contributed by atoms with Gasteiger partial charge in [-0.15, -0.1) is 0 Å². The fraction of sp³-hybridized carbons (Fsp3) is 0.529. The second-order valence-electron chi connectivity index (χ2n) is 5.74. The second-order valence-corrected chi connectivity index (χ2v) is 5.74. The highest BCUT2D eigenvalue weighted by Crippen LogP contribution is 2.23. The minimum atomic E-state index is -0.327. The molecule has 0 aromatic heterocycles. The highest BCUT2D eigenvalue weighted by molar-refractivity contribution is 5.94. The average molecular weight is 304 g/mol. The number of hydrogen-bond donors (Lipinski definition) is 1. The molecule has 1 heterocycles. The molecule has 0 bridgehead atoms. The van der Waals surface area contributed by atoms with Crippen molar-refractivity contribution >= 4 is 17.7 Å². The van der Waals surface area contributed by atoms with E-state index in [0.29, 0.717) is 19.7 Å². The summed E-state index contributed by atoms with van der Waals surface area (Å²) >= 11 is 0. The van der Waals surface area contributed by atoms with Gasteiger partial charge in [-0.1, -0.05) is 18.2 Å². The van der Waals surface area contributed by atoms with E-state index in [4.69, 9.17) is 4.74 Å². The van der Waals surface area contributed by atoms with E-state index >= 15 is 0 Å². The van der Waals surface area contributed by atoms with Crippen LogP contribution in [0.15, 0.2) is 18.2 Å². The number of amides is 2. The van der Waals surface area contributed by atoms with Gasteiger partial charge in [0.25, 0.3) is 0 Å². The molecule has 0 aliphatic carbocycles. The van der Waals surface area contributed by atoms with Crippen LogP contribution in [0.2, 0.25) is 0 Å². The third-order valence-electron chi connectivity index (χ3n) is 4.05. The minimum absolute atomic E-state index is 0.0219. The molecular weight excluding hydrogens is 280 g/mol. The molecular formula is C17H24N2O3. The number of aryl methyl sites for hydroxylation is 2. The lowest BCUT2D eigenvalue weighted by molar-refractivity contribution is -0.121. The van der Waals surface area contributed by atoms with E-state index < -0.39 is 0 Å². The second kappa shape index (κ2) is 7.29. The zero-order valence-electron chi connectivity index (χ0n) is 13.5. The van der Waals surface area contributed by atoms with Crippen molar-refractivity contribution in [1.29, 1.82) is 0 Å². The van der Waals surface area contributed by atoms with E-state index in [9.17, 15) is 9.59 Å². The van der Waals surface area contributed by atoms with Gasteiger partial charge in [0.15, 0.2) is 0 Å². The van der Waals surface area contributed by atoms with Crippen LogP contribution >= 0.6 is 0 Å². The predicted molar refractivity (Wildman–Crippen MR) is 85.9 cm³/mol. The quantitative estimate of drug-likeness (QED) is 0.933. The Bertz CT molecular complexity index is 537. The van der Waals surface area contributed by atoms with Crippen LogP contribution in [0.25, 0.3) is 0 Å². The molecule has 0 radical (unpaired) electrons. The Labute approximate surface area is 131 Å². The predicted octanol–water partition coefficient (Wildman–Crippen LogP) is 3.11. The van der Waals surface area contributed by atoms with Crippen molar-refractivity contribution in [1.82, 2.24) is 4.90 Å². The van der Waals surface area contributed by atoms with Crippen LogP contribution in [0.3, 0.4) is 0 Å². The number of carbonyl (C=O) groups is 2. The molecule has 2 amide bonds. The van der Waals surface area contributed by atoms with Crippen LogP contribution in [-0.2, 0) is 9.53 Å². The highest BCUT2D eigenvalue weighted by Gasteiger charge is 2.29. The van der Waals surface area contributed by atoms with E-state index in [1.807, 2.05) is 32.0 Å². The van der Waals surface area contributed by atoms with Crippen LogP contribution in [-0.4, -0.2) is 36.6 Å². The maximum absolute atomic E-state index is 12.5. The maximum Gasteiger partial charge on any atom is 0.409 e. The minimum Gasteiger partial charge on any atom is -0.450 e. The van der Waals surface area contributed by atoms with Crippen LogP contribution in [0.1, 0.15) is 30.9 Å². The Hall–Kier alpha value is -2.04. The van der Waals surface area contributed by atoms with Gasteiger partial charge in [0.05, 0.1) is 12.5 Å². The third-order valence-corrected chi connectivity index (χ3v) is 4.05. The molecule has 1 aromatic carbocycles. The van der Waals surface area contributed by atoms with Gasteiger partial charge >= 0.3 is 6.09 Å². The van der Waals surface area contributed by atoms with Crippen LogP contribution in [0.5, 0.6) is 0 Å². The number of carbonyl (C=O) groups excluding carboxylic acids is 2. The van der Waals surface area contributed by atoms with Crippen molar-refractivity contribution in [3.8, 4) is 0 Å². The topological polar surface area (TPSA) is 58.6 Å². The summed E-state index contributed by atoms with van der Waals surface area (Å²) in [7, 11) is 0. The first-order valence-electron chi connectivity index (χ1n) is 7.81. The van der Waals surface area contributed by atoms with E-state index in [2.05, 4.69) is 5.32 Å². The molecule has 1 unspecified atom stereocenters. The first-order chi connectivity index (χ1) is 10.5. The lowest BCUT2D eigenvalue weighted by Gasteiger charge is -2.31. The Balaban J connectivity index is 2.02. The van der Waals surface area contributed by atoms with Crippen molar-refractivity contribution in [2.24, 2.45) is 5.92 Å². The number of ether oxygens (including phenoxy) is 1. The molecule has 22 heavy (non-hydrogen) atoms. The van der Waals surface area contributed by atoms with Crippen LogP contribution < -0.4 is 5.32 Å². The smallest absolute Gasteiger partial charge is 0.409 e. The summed E-state index contributed by atoms with van der Waals surface area (Å²) in [5, 5.41) is 3.02. The summed E-state index contributed by atoms with van der Waals surface area (Å²) in [6.07, 6.45) is 1.29. The summed E-state index contributed by atoms with van der Waals surface area (Å²) in [6, 6.07) is 5.94. The van der Waals surface area contributed by atoms with Crippen LogP contribution in [0, 0.1) is 19.8 Å². The Kier molecular flexibility index (Phi) is 5.41. The van der Waals surface area contributed by atoms with Gasteiger partial charge < -0.3 is 15.0 Å². The van der Waals surface area contributed by atoms with Gasteiger partial charge in [-0.2, -0.15) is 0 Å². The standard InChI is InChI=1S/C17H24N2O3/c1-4-22-17(21)19-10-6-9-14(11-19)16(20)18-15-12(2)7-5-8-13(15)3/h5,7-8,14H,4,6,9-11H2,1-3H3,(H,18,20). The van der Waals surface area contributed by atoms with Crippen molar-refractivity contribution in [2.45, 2.75) is 33.6 Å². The molecule has 1 N–H and O–H groups in total. The molecule has 120 valence electrons. The fourth-order valence-corrected chi connectivity index (χ4v) is 2.81. The number of rotatable bonds is 3. The Morgan fingerprint density at radius 3 is 2.64 bits per heavy atom. The van der Waals surface area contributed by atoms with Gasteiger partial charge in [0.2, 0.25) is 5.91 Å². The summed E-state index contributed by atoms with van der Waals surface area (Å²) in [5.41, 5.74) is 2.97. The zero-order valence-corrected chi connectivity index (χ0v) is 13.5. The molecule has 1 fully saturated rings. The zero-order chi connectivity index (χ0) is 16.1. The number of anilines is 1. The molecule has 2 rings (SSSR count). The SMILES string of the molecule is CCOC(=O)N1CCCC(C(=O)Nc2c(C)cccc2C)C1. The Morgan fingerprint density at radius 2 is 2.00 bits per heavy atom. The number of nitrogens with one attached hydrogen (secondary N) is 1. The van der Waals surface area contributed by atoms with Crippen molar-refractivity contribution < 1.29 is 14.3 Å². The first-order valence-corrected chi connectivity index (χ1v) is 7.81. The van der Waals surface area contributed by atoms with Gasteiger partial charge in [-0.25, -0.2) is 4.79 Å². The summed E-state index contributed by atoms with van der Waals surface area (Å²) < 4.78 is 5.02. The summed E-state index contributed by atoms with van der Waals surface area (Å²) in [5.74, 6) is -0.205. The molecule has 1 aliphatic rings. The molecule has 5 heteroatoms. The molecule has 0 saturated carbocycles. The third kappa shape index (κ3) is 3.78. The van der Waals surface area contributed by atoms with Gasteiger partial charge in [-0.05, 0) is 44.7 Å². The van der Waals surface area contributed by atoms with E-state index in [1.165, 1.54) is 0 Å². The van der Waals surface area contributed by atoms with E-state index in [-0.39, 0.29) is 17.9 Å². The molecule has 1 saturated heterocycles. The number of hydrogen-bond acceptors (Lipinski definition) is 3. The molecule has 1 aliphatic heterocycles. The maximum atomic E-state index is 12.5. The monoisotopic (exact) mass is 304 g/mol. The lowest BCUT2D eigenvalue weighted by Crippen LogP contribution is -2.44. The normalized spacial score (nSPS) is 18.0. The van der Waals surface area contributed by atoms with E-state index in [0.717, 1.165) is 29.7 Å². The fourth-order valence-electron chi connectivity index (χ4n) is 2.81. The first kappa shape index (κ1) is 16.3. The van der Waals surface area contributed by atoms with Crippen LogP contribution in [0.4, 0.5) is 10.5 Å². The number of benzene rings is 1. The molecule has 0 spiro atoms. The summed E-state index contributed by atoms with van der Waals surface area (Å²) in [4.78, 5) is 25.9. The van der Waals surface area contributed by atoms with Crippen molar-refractivity contribution in [3.05, 3.63) is 29.3 Å². The van der Waals surface area contributed by atoms with Crippen molar-refractivity contribution in [3.63, 3.8) is 0 Å². The highest BCUT2D eigenvalue weighted by atomic mass is 16.6. The summed E-state index contributed by atoms with van der Waals surface area (Å²) in [6.45, 7) is 7.19.